The number of carbonyl (C=O) groups is 2. The number of thiocarbonyl (C=S) groups is 1. The zero-order valence-corrected chi connectivity index (χ0v) is 13.7. The van der Waals surface area contributed by atoms with E-state index >= 15 is 0 Å². The first kappa shape index (κ1) is 17.4. The fourth-order valence-corrected chi connectivity index (χ4v) is 2.05. The molecular formula is C17H18N4O2S. The molecule has 0 aromatic heterocycles. The van der Waals surface area contributed by atoms with Crippen molar-refractivity contribution < 1.29 is 9.59 Å². The number of para-hydroxylation sites is 1. The summed E-state index contributed by atoms with van der Waals surface area (Å²) in [5.41, 5.74) is 6.68. The highest BCUT2D eigenvalue weighted by molar-refractivity contribution is 7.80. The smallest absolute Gasteiger partial charge is 0.257 e. The summed E-state index contributed by atoms with van der Waals surface area (Å²) in [6.45, 7) is -0.132. The van der Waals surface area contributed by atoms with Gasteiger partial charge in [0.1, 0.15) is 0 Å². The Kier molecular flexibility index (Phi) is 6.73. The van der Waals surface area contributed by atoms with Crippen LogP contribution in [0.15, 0.2) is 60.7 Å². The molecule has 0 heterocycles. The molecule has 2 aromatic rings. The van der Waals surface area contributed by atoms with Crippen molar-refractivity contribution in [3.05, 3.63) is 66.2 Å². The summed E-state index contributed by atoms with van der Waals surface area (Å²) in [4.78, 5) is 23.4. The van der Waals surface area contributed by atoms with Crippen LogP contribution in [-0.4, -0.2) is 23.5 Å². The SMILES string of the molecule is O=C(Cc1ccccc1)NCC(=O)NNC(=S)Nc1ccccc1. The summed E-state index contributed by atoms with van der Waals surface area (Å²) in [6, 6.07) is 18.6. The highest BCUT2D eigenvalue weighted by Crippen LogP contribution is 2.03. The summed E-state index contributed by atoms with van der Waals surface area (Å²) in [5.74, 6) is -0.616. The topological polar surface area (TPSA) is 82.3 Å². The van der Waals surface area contributed by atoms with Crippen molar-refractivity contribution in [1.29, 1.82) is 0 Å². The van der Waals surface area contributed by atoms with Crippen LogP contribution in [0.3, 0.4) is 0 Å². The number of anilines is 1. The van der Waals surface area contributed by atoms with Crippen LogP contribution in [0.2, 0.25) is 0 Å². The van der Waals surface area contributed by atoms with E-state index in [4.69, 9.17) is 12.2 Å². The lowest BCUT2D eigenvalue weighted by Gasteiger charge is -2.12. The van der Waals surface area contributed by atoms with E-state index in [9.17, 15) is 9.59 Å². The van der Waals surface area contributed by atoms with Crippen molar-refractivity contribution in [1.82, 2.24) is 16.2 Å². The summed E-state index contributed by atoms with van der Waals surface area (Å²) < 4.78 is 0. The maximum Gasteiger partial charge on any atom is 0.257 e. The van der Waals surface area contributed by atoms with Crippen molar-refractivity contribution in [3.8, 4) is 0 Å². The Morgan fingerprint density at radius 3 is 2.12 bits per heavy atom. The first-order valence-electron chi connectivity index (χ1n) is 7.35. The van der Waals surface area contributed by atoms with Crippen LogP contribution >= 0.6 is 12.2 Å². The van der Waals surface area contributed by atoms with Gasteiger partial charge in [-0.1, -0.05) is 48.5 Å². The molecule has 2 rings (SSSR count). The predicted octanol–water partition coefficient (Wildman–Crippen LogP) is 1.36. The molecule has 6 nitrogen and oxygen atoms in total. The van der Waals surface area contributed by atoms with Gasteiger partial charge in [0.05, 0.1) is 13.0 Å². The first-order valence-corrected chi connectivity index (χ1v) is 7.76. The minimum absolute atomic E-state index is 0.132. The average Bonchev–Trinajstić information content (AvgIpc) is 2.60. The molecule has 2 aromatic carbocycles. The lowest BCUT2D eigenvalue weighted by atomic mass is 10.1. The van der Waals surface area contributed by atoms with Crippen molar-refractivity contribution in [2.45, 2.75) is 6.42 Å². The lowest BCUT2D eigenvalue weighted by molar-refractivity contribution is -0.126. The van der Waals surface area contributed by atoms with Crippen LogP contribution in [0.5, 0.6) is 0 Å². The van der Waals surface area contributed by atoms with Crippen LogP contribution < -0.4 is 21.5 Å². The molecule has 24 heavy (non-hydrogen) atoms. The monoisotopic (exact) mass is 342 g/mol. The second kappa shape index (κ2) is 9.26. The van der Waals surface area contributed by atoms with E-state index in [0.717, 1.165) is 11.3 Å². The molecule has 0 saturated carbocycles. The van der Waals surface area contributed by atoms with Gasteiger partial charge in [0.2, 0.25) is 5.91 Å². The van der Waals surface area contributed by atoms with Crippen molar-refractivity contribution in [3.63, 3.8) is 0 Å². The Labute approximate surface area is 145 Å². The third-order valence-electron chi connectivity index (χ3n) is 3.00. The standard InChI is InChI=1S/C17H18N4O2S/c22-15(11-13-7-3-1-4-8-13)18-12-16(23)20-21-17(24)19-14-9-5-2-6-10-14/h1-10H,11-12H2,(H,18,22)(H,20,23)(H2,19,21,24). The van der Waals surface area contributed by atoms with Gasteiger partial charge in [-0.25, -0.2) is 0 Å². The normalized spacial score (nSPS) is 9.67. The number of hydrogen-bond acceptors (Lipinski definition) is 3. The van der Waals surface area contributed by atoms with Gasteiger partial charge in [-0.2, -0.15) is 0 Å². The minimum Gasteiger partial charge on any atom is -0.347 e. The number of benzene rings is 2. The Morgan fingerprint density at radius 1 is 0.833 bits per heavy atom. The van der Waals surface area contributed by atoms with Gasteiger partial charge in [-0.15, -0.1) is 0 Å². The Balaban J connectivity index is 1.64. The fraction of sp³-hybridized carbons (Fsp3) is 0.118. The van der Waals surface area contributed by atoms with E-state index in [-0.39, 0.29) is 24.0 Å². The number of rotatable bonds is 5. The van der Waals surface area contributed by atoms with Gasteiger partial charge in [0, 0.05) is 5.69 Å². The lowest BCUT2D eigenvalue weighted by Crippen LogP contribution is -2.47. The van der Waals surface area contributed by atoms with Gasteiger partial charge in [0.25, 0.3) is 5.91 Å². The summed E-state index contributed by atoms with van der Waals surface area (Å²) in [7, 11) is 0. The molecule has 0 atom stereocenters. The van der Waals surface area contributed by atoms with Crippen LogP contribution in [-0.2, 0) is 16.0 Å². The van der Waals surface area contributed by atoms with E-state index in [1.807, 2.05) is 60.7 Å². The second-order valence-corrected chi connectivity index (χ2v) is 5.34. The Hall–Kier alpha value is -2.93. The summed E-state index contributed by atoms with van der Waals surface area (Å²) in [6.07, 6.45) is 0.232. The van der Waals surface area contributed by atoms with Crippen molar-refractivity contribution in [2.24, 2.45) is 0 Å². The highest BCUT2D eigenvalue weighted by Gasteiger charge is 2.06. The molecule has 0 aliphatic carbocycles. The summed E-state index contributed by atoms with van der Waals surface area (Å²) >= 11 is 5.05. The van der Waals surface area contributed by atoms with E-state index in [1.54, 1.807) is 0 Å². The molecule has 124 valence electrons. The van der Waals surface area contributed by atoms with Crippen LogP contribution in [0.1, 0.15) is 5.56 Å². The highest BCUT2D eigenvalue weighted by atomic mass is 32.1. The van der Waals surface area contributed by atoms with E-state index in [2.05, 4.69) is 21.5 Å². The molecule has 2 amide bonds. The second-order valence-electron chi connectivity index (χ2n) is 4.93. The number of hydrogen-bond donors (Lipinski definition) is 4. The molecule has 0 aliphatic heterocycles. The van der Waals surface area contributed by atoms with E-state index in [1.165, 1.54) is 0 Å². The van der Waals surface area contributed by atoms with Gasteiger partial charge in [-0.05, 0) is 29.9 Å². The van der Waals surface area contributed by atoms with Gasteiger partial charge in [-0.3, -0.25) is 20.4 Å². The maximum absolute atomic E-state index is 11.7. The zero-order chi connectivity index (χ0) is 17.2. The zero-order valence-electron chi connectivity index (χ0n) is 12.9. The number of hydrazine groups is 1. The number of nitrogens with one attached hydrogen (secondary N) is 4. The van der Waals surface area contributed by atoms with Gasteiger partial charge in [0.15, 0.2) is 5.11 Å². The Bertz CT molecular complexity index is 633. The fourth-order valence-electron chi connectivity index (χ4n) is 1.88. The number of amides is 2. The average molecular weight is 342 g/mol. The van der Waals surface area contributed by atoms with E-state index in [0.29, 0.717) is 0 Å². The minimum atomic E-state index is -0.395. The maximum atomic E-state index is 11.7. The first-order chi connectivity index (χ1) is 11.6. The van der Waals surface area contributed by atoms with Crippen molar-refractivity contribution >= 4 is 34.8 Å². The third kappa shape index (κ3) is 6.45. The molecule has 0 spiro atoms. The predicted molar refractivity (Wildman–Crippen MR) is 97.1 cm³/mol. The van der Waals surface area contributed by atoms with Crippen LogP contribution in [0.4, 0.5) is 5.69 Å². The molecule has 0 radical (unpaired) electrons. The molecule has 0 saturated heterocycles. The van der Waals surface area contributed by atoms with Gasteiger partial charge >= 0.3 is 0 Å². The summed E-state index contributed by atoms with van der Waals surface area (Å²) in [5, 5.41) is 5.72. The third-order valence-corrected chi connectivity index (χ3v) is 3.20. The molecule has 0 bridgehead atoms. The molecule has 0 fully saturated rings. The Morgan fingerprint density at radius 2 is 1.46 bits per heavy atom. The number of carbonyl (C=O) groups excluding carboxylic acids is 2. The molecule has 4 N–H and O–H groups in total. The van der Waals surface area contributed by atoms with Crippen LogP contribution in [0, 0.1) is 0 Å². The molecular weight excluding hydrogens is 324 g/mol. The molecule has 7 heteroatoms. The van der Waals surface area contributed by atoms with Crippen molar-refractivity contribution in [2.75, 3.05) is 11.9 Å². The quantitative estimate of drug-likeness (QED) is 0.487. The van der Waals surface area contributed by atoms with Crippen LogP contribution in [0.25, 0.3) is 0 Å². The van der Waals surface area contributed by atoms with Gasteiger partial charge < -0.3 is 10.6 Å². The largest absolute Gasteiger partial charge is 0.347 e. The van der Waals surface area contributed by atoms with E-state index < -0.39 is 5.91 Å². The molecule has 0 aliphatic rings. The molecule has 0 unspecified atom stereocenters.